The lowest BCUT2D eigenvalue weighted by Gasteiger charge is -2.64. The number of nitrogens with one attached hydrogen (secondary N) is 1. The van der Waals surface area contributed by atoms with Gasteiger partial charge in [0.15, 0.2) is 18.0 Å². The number of hydrogen-bond donors (Lipinski definition) is 6. The molecule has 2 bridgehead atoms. The van der Waals surface area contributed by atoms with Gasteiger partial charge in [0.2, 0.25) is 0 Å². The average Bonchev–Trinajstić information content (AvgIpc) is 3.25. The summed E-state index contributed by atoms with van der Waals surface area (Å²) < 4.78 is 23.3. The van der Waals surface area contributed by atoms with E-state index in [-0.39, 0.29) is 22.3 Å². The number of ether oxygens (including phenoxy) is 4. The van der Waals surface area contributed by atoms with Gasteiger partial charge in [-0.1, -0.05) is 80.6 Å². The summed E-state index contributed by atoms with van der Waals surface area (Å²) >= 11 is 0. The van der Waals surface area contributed by atoms with Crippen LogP contribution in [-0.4, -0.2) is 116 Å². The lowest BCUT2D eigenvalue weighted by molar-refractivity contribution is -0.286. The highest BCUT2D eigenvalue weighted by Crippen LogP contribution is 2.62. The predicted octanol–water partition coefficient (Wildman–Crippen LogP) is 2.69. The second-order valence-corrected chi connectivity index (χ2v) is 17.3. The highest BCUT2D eigenvalue weighted by molar-refractivity contribution is 5.96. The Morgan fingerprint density at radius 1 is 0.778 bits per heavy atom. The fraction of sp³-hybridized carbons (Fsp3) is 0.447. The molecule has 16 nitrogen and oxygen atoms in total. The van der Waals surface area contributed by atoms with Gasteiger partial charge in [0, 0.05) is 43.6 Å². The highest BCUT2D eigenvalue weighted by atomic mass is 16.6. The molecule has 3 aliphatic rings. The first-order chi connectivity index (χ1) is 29.6. The molecule has 0 aliphatic heterocycles. The van der Waals surface area contributed by atoms with Crippen molar-refractivity contribution in [2.45, 2.75) is 108 Å². The van der Waals surface area contributed by atoms with Crippen LogP contribution >= 0.6 is 0 Å². The Hall–Kier alpha value is -5.78. The zero-order valence-electron chi connectivity index (χ0n) is 35.7. The van der Waals surface area contributed by atoms with Crippen molar-refractivity contribution in [2.75, 3.05) is 6.61 Å². The van der Waals surface area contributed by atoms with Gasteiger partial charge >= 0.3 is 23.9 Å². The molecule has 0 unspecified atom stereocenters. The molecule has 336 valence electrons. The van der Waals surface area contributed by atoms with E-state index in [2.05, 4.69) is 5.32 Å². The topological polar surface area (TPSA) is 253 Å². The molecule has 16 heteroatoms. The summed E-state index contributed by atoms with van der Waals surface area (Å²) in [5.41, 5.74) is -9.00. The number of rotatable bonds is 11. The maximum atomic E-state index is 15.4. The third-order valence-electron chi connectivity index (χ3n) is 13.2. The van der Waals surface area contributed by atoms with E-state index in [1.54, 1.807) is 54.6 Å². The minimum absolute atomic E-state index is 0.0365. The molecule has 0 radical (unpaired) electrons. The number of esters is 4. The Balaban J connectivity index is 1.54. The van der Waals surface area contributed by atoms with Crippen molar-refractivity contribution >= 4 is 35.6 Å². The molecule has 0 spiro atoms. The molecule has 3 aromatic carbocycles. The van der Waals surface area contributed by atoms with Gasteiger partial charge in [-0.05, 0) is 54.8 Å². The van der Waals surface area contributed by atoms with Gasteiger partial charge in [-0.25, -0.2) is 9.59 Å². The van der Waals surface area contributed by atoms with E-state index in [0.29, 0.717) is 5.56 Å². The number of amides is 1. The van der Waals surface area contributed by atoms with Crippen LogP contribution in [0.5, 0.6) is 0 Å². The summed E-state index contributed by atoms with van der Waals surface area (Å²) in [6.07, 6.45) is -13.0. The first-order valence-electron chi connectivity index (χ1n) is 20.5. The third-order valence-corrected chi connectivity index (χ3v) is 13.2. The second-order valence-electron chi connectivity index (χ2n) is 17.3. The lowest BCUT2D eigenvalue weighted by Crippen LogP contribution is -2.78. The van der Waals surface area contributed by atoms with Crippen molar-refractivity contribution in [2.24, 2.45) is 16.7 Å². The van der Waals surface area contributed by atoms with Crippen LogP contribution in [0.25, 0.3) is 0 Å². The molecule has 6 rings (SSSR count). The van der Waals surface area contributed by atoms with E-state index in [4.69, 9.17) is 18.9 Å². The summed E-state index contributed by atoms with van der Waals surface area (Å²) in [5, 5.41) is 64.3. The highest BCUT2D eigenvalue weighted by Gasteiger charge is 2.75. The largest absolute Gasteiger partial charge is 0.463 e. The Morgan fingerprint density at radius 3 is 1.89 bits per heavy atom. The lowest BCUT2D eigenvalue weighted by atomic mass is 9.45. The summed E-state index contributed by atoms with van der Waals surface area (Å²) in [7, 11) is 0. The van der Waals surface area contributed by atoms with E-state index in [0.717, 1.165) is 13.8 Å². The van der Waals surface area contributed by atoms with Crippen molar-refractivity contribution < 1.29 is 73.2 Å². The number of carbonyl (C=O) groups excluding carboxylic acids is 6. The number of Topliss-reactive ketones (excluding diaryl/α,β-unsaturated/α-hetero) is 1. The maximum Gasteiger partial charge on any atom is 0.338 e. The zero-order valence-corrected chi connectivity index (χ0v) is 35.7. The standard InChI is InChI=1S/C47H53NO15/c1-25-31(62-43(57)36(53)35(28-16-10-7-11-17-28)48-41(55)29-18-12-8-13-19-29)23-47(59)40(63-42(56)30-20-14-9-15-21-30)38-45(6,32(51)22-33(52)46(38,58)24-60-26(2)49)39(54)37(61-27(3)50)34(25)44(47,4)5/h7-21,31-33,35-38,40,51-53,58-59H,22-24H2,1-6H3,(H,48,55)/t31-,32-,33-,35-,36+,37+,38-,40-,45+,46-,47+/m0/s1. The molecule has 11 atom stereocenters. The molecule has 3 aliphatic carbocycles. The van der Waals surface area contributed by atoms with Crippen LogP contribution in [0.15, 0.2) is 102 Å². The van der Waals surface area contributed by atoms with Crippen LogP contribution in [0.1, 0.15) is 86.7 Å². The van der Waals surface area contributed by atoms with E-state index >= 15 is 4.79 Å². The molecule has 2 saturated carbocycles. The second kappa shape index (κ2) is 17.8. The molecule has 0 aromatic heterocycles. The van der Waals surface area contributed by atoms with Crippen molar-refractivity contribution in [1.29, 1.82) is 0 Å². The minimum Gasteiger partial charge on any atom is -0.463 e. The molecular formula is C47H53NO15. The van der Waals surface area contributed by atoms with Crippen molar-refractivity contribution in [3.05, 3.63) is 119 Å². The number of carbonyl (C=O) groups is 6. The minimum atomic E-state index is -2.75. The van der Waals surface area contributed by atoms with Crippen molar-refractivity contribution in [1.82, 2.24) is 5.32 Å². The molecule has 0 saturated heterocycles. The molecule has 6 N–H and O–H groups in total. The number of benzene rings is 3. The Morgan fingerprint density at radius 2 is 1.33 bits per heavy atom. The summed E-state index contributed by atoms with van der Waals surface area (Å²) in [6.45, 7) is 6.62. The van der Waals surface area contributed by atoms with Gasteiger partial charge in [0.25, 0.3) is 5.91 Å². The summed E-state index contributed by atoms with van der Waals surface area (Å²) in [5.74, 6) is -7.97. The molecule has 3 aromatic rings. The first-order valence-corrected chi connectivity index (χ1v) is 20.5. The number of aliphatic hydroxyl groups is 5. The Kier molecular flexibility index (Phi) is 13.2. The van der Waals surface area contributed by atoms with Gasteiger partial charge in [-0.2, -0.15) is 0 Å². The van der Waals surface area contributed by atoms with Crippen molar-refractivity contribution in [3.63, 3.8) is 0 Å². The summed E-state index contributed by atoms with van der Waals surface area (Å²) in [4.78, 5) is 82.5. The quantitative estimate of drug-likeness (QED) is 0.0921. The molecule has 0 heterocycles. The van der Waals surface area contributed by atoms with E-state index in [1.807, 2.05) is 0 Å². The maximum absolute atomic E-state index is 15.4. The smallest absolute Gasteiger partial charge is 0.338 e. The summed E-state index contributed by atoms with van der Waals surface area (Å²) in [6, 6.07) is 22.3. The number of fused-ring (bicyclic) bond motifs is 3. The fourth-order valence-corrected chi connectivity index (χ4v) is 9.67. The SMILES string of the molecule is CC(=O)OC[C@@]1(O)[C@H]2[C@H](OC(=O)c3ccccc3)[C@]3(O)C[C@H](OC(=O)[C@H](O)[C@@H](NC(=O)c4ccccc4)c4ccccc4)C(C)=C([C@@H](OC(C)=O)C(=O)[C@]2(C)[C@@H](O)C[C@@H]1O)C3(C)C. The number of ketones is 1. The molecular weight excluding hydrogens is 819 g/mol. The normalized spacial score (nSPS) is 30.9. The average molecular weight is 872 g/mol. The van der Waals surface area contributed by atoms with E-state index < -0.39 is 126 Å². The Bertz CT molecular complexity index is 2260. The van der Waals surface area contributed by atoms with Crippen LogP contribution in [-0.2, 0) is 38.1 Å². The van der Waals surface area contributed by atoms with Crippen LogP contribution in [0.2, 0.25) is 0 Å². The van der Waals surface area contributed by atoms with Crippen molar-refractivity contribution in [3.8, 4) is 0 Å². The molecule has 63 heavy (non-hydrogen) atoms. The van der Waals surface area contributed by atoms with E-state index in [1.165, 1.54) is 64.1 Å². The van der Waals surface area contributed by atoms with Gasteiger partial charge in [0.1, 0.15) is 30.0 Å². The fourth-order valence-electron chi connectivity index (χ4n) is 9.67. The van der Waals surface area contributed by atoms with Crippen LogP contribution in [0.4, 0.5) is 0 Å². The molecule has 2 fully saturated rings. The number of hydrogen-bond acceptors (Lipinski definition) is 15. The number of aliphatic hydroxyl groups excluding tert-OH is 3. The first kappa shape index (κ1) is 46.7. The van der Waals surface area contributed by atoms with Gasteiger partial charge in [-0.3, -0.25) is 19.2 Å². The molecule has 1 amide bonds. The Labute approximate surface area is 363 Å². The van der Waals surface area contributed by atoms with Crippen LogP contribution in [0, 0.1) is 16.7 Å². The monoisotopic (exact) mass is 871 g/mol. The predicted molar refractivity (Wildman–Crippen MR) is 221 cm³/mol. The van der Waals surface area contributed by atoms with Crippen LogP contribution in [0.3, 0.4) is 0 Å². The van der Waals surface area contributed by atoms with Gasteiger partial charge < -0.3 is 49.8 Å². The zero-order chi connectivity index (χ0) is 46.2. The van der Waals surface area contributed by atoms with Crippen LogP contribution < -0.4 is 5.32 Å². The van der Waals surface area contributed by atoms with Gasteiger partial charge in [0.05, 0.1) is 29.2 Å². The third kappa shape index (κ3) is 8.41. The van der Waals surface area contributed by atoms with Gasteiger partial charge in [-0.15, -0.1) is 0 Å². The van der Waals surface area contributed by atoms with E-state index in [9.17, 15) is 49.5 Å².